The number of halogens is 1. The Kier molecular flexibility index (Phi) is 8.59. The lowest BCUT2D eigenvalue weighted by Crippen LogP contribution is -2.40. The van der Waals surface area contributed by atoms with Crippen LogP contribution in [0.1, 0.15) is 24.8 Å². The highest BCUT2D eigenvalue weighted by Gasteiger charge is 2.24. The van der Waals surface area contributed by atoms with Crippen molar-refractivity contribution in [1.29, 1.82) is 0 Å². The Labute approximate surface area is 165 Å². The van der Waals surface area contributed by atoms with Crippen LogP contribution >= 0.6 is 24.0 Å². The smallest absolute Gasteiger partial charge is 0.225 e. The van der Waals surface area contributed by atoms with Gasteiger partial charge in [0.05, 0.1) is 12.3 Å². The SMILES string of the molecule is CCNC(=NCC1CC(=O)Nc2ccccc21)NCCS(N)(=O)=O.I. The maximum atomic E-state index is 11.8. The van der Waals surface area contributed by atoms with E-state index in [1.807, 2.05) is 31.2 Å². The van der Waals surface area contributed by atoms with E-state index in [1.54, 1.807) is 0 Å². The molecule has 0 aromatic heterocycles. The number of hydrogen-bond donors (Lipinski definition) is 4. The van der Waals surface area contributed by atoms with Gasteiger partial charge in [0.2, 0.25) is 15.9 Å². The maximum Gasteiger partial charge on any atom is 0.225 e. The van der Waals surface area contributed by atoms with Crippen LogP contribution in [0.4, 0.5) is 5.69 Å². The number of para-hydroxylation sites is 1. The quantitative estimate of drug-likeness (QED) is 0.269. The monoisotopic (exact) mass is 481 g/mol. The molecule has 25 heavy (non-hydrogen) atoms. The number of carbonyl (C=O) groups is 1. The van der Waals surface area contributed by atoms with E-state index < -0.39 is 10.0 Å². The number of aliphatic imine (C=N–C) groups is 1. The highest BCUT2D eigenvalue weighted by Crippen LogP contribution is 2.31. The van der Waals surface area contributed by atoms with Crippen LogP contribution in [0.2, 0.25) is 0 Å². The van der Waals surface area contributed by atoms with Crippen molar-refractivity contribution in [2.75, 3.05) is 30.7 Å². The number of carbonyl (C=O) groups excluding carboxylic acids is 1. The molecule has 2 rings (SSSR count). The van der Waals surface area contributed by atoms with Crippen molar-refractivity contribution in [3.8, 4) is 0 Å². The molecule has 1 heterocycles. The van der Waals surface area contributed by atoms with E-state index in [9.17, 15) is 13.2 Å². The number of amides is 1. The molecular formula is C15H24IN5O3S. The highest BCUT2D eigenvalue weighted by molar-refractivity contribution is 14.0. The molecule has 0 spiro atoms. The van der Waals surface area contributed by atoms with Crippen LogP contribution in [0.15, 0.2) is 29.3 Å². The summed E-state index contributed by atoms with van der Waals surface area (Å²) >= 11 is 0. The number of primary sulfonamides is 1. The number of sulfonamides is 1. The molecule has 8 nitrogen and oxygen atoms in total. The van der Waals surface area contributed by atoms with Crippen LogP contribution in [0, 0.1) is 0 Å². The number of benzene rings is 1. The van der Waals surface area contributed by atoms with Gasteiger partial charge in [0.1, 0.15) is 0 Å². The number of nitrogens with two attached hydrogens (primary N) is 1. The Hall–Kier alpha value is -1.40. The molecule has 1 aliphatic heterocycles. The van der Waals surface area contributed by atoms with Gasteiger partial charge in [-0.1, -0.05) is 18.2 Å². The van der Waals surface area contributed by atoms with Crippen molar-refractivity contribution >= 4 is 51.6 Å². The van der Waals surface area contributed by atoms with Gasteiger partial charge in [-0.05, 0) is 18.6 Å². The van der Waals surface area contributed by atoms with Crippen LogP contribution in [0.5, 0.6) is 0 Å². The topological polar surface area (TPSA) is 126 Å². The van der Waals surface area contributed by atoms with E-state index in [2.05, 4.69) is 20.9 Å². The minimum Gasteiger partial charge on any atom is -0.357 e. The number of guanidine groups is 1. The first-order valence-electron chi connectivity index (χ1n) is 7.80. The summed E-state index contributed by atoms with van der Waals surface area (Å²) < 4.78 is 22.0. The number of anilines is 1. The molecule has 0 saturated heterocycles. The largest absolute Gasteiger partial charge is 0.357 e. The fourth-order valence-corrected chi connectivity index (χ4v) is 2.91. The highest BCUT2D eigenvalue weighted by atomic mass is 127. The number of nitrogens with one attached hydrogen (secondary N) is 3. The standard InChI is InChI=1S/C15H23N5O3S.HI/c1-2-17-15(18-7-8-24(16,22)23)19-10-11-9-14(21)20-13-6-4-3-5-12(11)13;/h3-6,11H,2,7-10H2,1H3,(H,20,21)(H2,16,22,23)(H2,17,18,19);1H. The molecule has 1 amide bonds. The third kappa shape index (κ3) is 7.16. The van der Waals surface area contributed by atoms with Gasteiger partial charge in [-0.3, -0.25) is 9.79 Å². The van der Waals surface area contributed by atoms with Gasteiger partial charge < -0.3 is 16.0 Å². The van der Waals surface area contributed by atoms with E-state index in [0.717, 1.165) is 11.3 Å². The molecule has 1 aromatic rings. The summed E-state index contributed by atoms with van der Waals surface area (Å²) in [5.41, 5.74) is 1.88. The van der Waals surface area contributed by atoms with Crippen molar-refractivity contribution in [3.05, 3.63) is 29.8 Å². The first-order valence-corrected chi connectivity index (χ1v) is 9.52. The van der Waals surface area contributed by atoms with Crippen molar-refractivity contribution in [2.24, 2.45) is 10.1 Å². The molecule has 5 N–H and O–H groups in total. The second-order valence-corrected chi connectivity index (χ2v) is 7.28. The zero-order valence-corrected chi connectivity index (χ0v) is 17.1. The third-order valence-corrected chi connectivity index (χ3v) is 4.37. The predicted molar refractivity (Wildman–Crippen MR) is 110 cm³/mol. The number of fused-ring (bicyclic) bond motifs is 1. The van der Waals surface area contributed by atoms with Crippen molar-refractivity contribution in [3.63, 3.8) is 0 Å². The van der Waals surface area contributed by atoms with Crippen molar-refractivity contribution in [1.82, 2.24) is 10.6 Å². The zero-order valence-electron chi connectivity index (χ0n) is 14.0. The summed E-state index contributed by atoms with van der Waals surface area (Å²) in [5.74, 6) is 0.292. The Balaban J connectivity index is 0.00000312. The summed E-state index contributed by atoms with van der Waals surface area (Å²) in [6.07, 6.45) is 0.372. The van der Waals surface area contributed by atoms with Gasteiger partial charge in [-0.2, -0.15) is 0 Å². The average Bonchev–Trinajstić information content (AvgIpc) is 2.51. The Morgan fingerprint density at radius 3 is 2.76 bits per heavy atom. The first kappa shape index (κ1) is 21.6. The van der Waals surface area contributed by atoms with Gasteiger partial charge in [0, 0.05) is 31.1 Å². The molecule has 1 unspecified atom stereocenters. The van der Waals surface area contributed by atoms with E-state index in [-0.39, 0.29) is 48.1 Å². The van der Waals surface area contributed by atoms with Gasteiger partial charge in [0.15, 0.2) is 5.96 Å². The van der Waals surface area contributed by atoms with Gasteiger partial charge in [-0.15, -0.1) is 24.0 Å². The zero-order chi connectivity index (χ0) is 17.6. The maximum absolute atomic E-state index is 11.8. The number of nitrogens with zero attached hydrogens (tertiary/aromatic N) is 1. The normalized spacial score (nSPS) is 17.1. The van der Waals surface area contributed by atoms with Gasteiger partial charge in [0.25, 0.3) is 0 Å². The first-order chi connectivity index (χ1) is 11.4. The lowest BCUT2D eigenvalue weighted by molar-refractivity contribution is -0.116. The molecule has 140 valence electrons. The van der Waals surface area contributed by atoms with E-state index in [0.29, 0.717) is 25.5 Å². The van der Waals surface area contributed by atoms with E-state index in [4.69, 9.17) is 5.14 Å². The summed E-state index contributed by atoms with van der Waals surface area (Å²) in [4.78, 5) is 16.3. The lowest BCUT2D eigenvalue weighted by atomic mass is 9.91. The Morgan fingerprint density at radius 2 is 2.08 bits per heavy atom. The van der Waals surface area contributed by atoms with Crippen LogP contribution < -0.4 is 21.1 Å². The third-order valence-electron chi connectivity index (χ3n) is 3.60. The molecule has 0 aliphatic carbocycles. The summed E-state index contributed by atoms with van der Waals surface area (Å²) in [5, 5.41) is 13.8. The van der Waals surface area contributed by atoms with E-state index >= 15 is 0 Å². The van der Waals surface area contributed by atoms with E-state index in [1.165, 1.54) is 0 Å². The molecule has 1 atom stereocenters. The van der Waals surface area contributed by atoms with Crippen LogP contribution in [-0.4, -0.2) is 45.7 Å². The minimum absolute atomic E-state index is 0. The fourth-order valence-electron chi connectivity index (χ4n) is 2.52. The molecule has 1 aliphatic rings. The summed E-state index contributed by atoms with van der Waals surface area (Å²) in [7, 11) is -3.52. The van der Waals surface area contributed by atoms with Crippen LogP contribution in [0.3, 0.4) is 0 Å². The lowest BCUT2D eigenvalue weighted by Gasteiger charge is -2.24. The number of hydrogen-bond acceptors (Lipinski definition) is 4. The average molecular weight is 481 g/mol. The van der Waals surface area contributed by atoms with Crippen LogP contribution in [-0.2, 0) is 14.8 Å². The van der Waals surface area contributed by atoms with Crippen molar-refractivity contribution < 1.29 is 13.2 Å². The molecular weight excluding hydrogens is 457 g/mol. The Morgan fingerprint density at radius 1 is 1.36 bits per heavy atom. The van der Waals surface area contributed by atoms with Gasteiger partial charge >= 0.3 is 0 Å². The second kappa shape index (κ2) is 9.92. The molecule has 0 fully saturated rings. The minimum atomic E-state index is -3.52. The predicted octanol–water partition coefficient (Wildman–Crippen LogP) is 0.574. The second-order valence-electron chi connectivity index (χ2n) is 5.55. The summed E-state index contributed by atoms with van der Waals surface area (Å²) in [6.45, 7) is 3.16. The van der Waals surface area contributed by atoms with Crippen molar-refractivity contribution in [2.45, 2.75) is 19.3 Å². The molecule has 10 heteroatoms. The van der Waals surface area contributed by atoms with Crippen LogP contribution in [0.25, 0.3) is 0 Å². The molecule has 0 bridgehead atoms. The summed E-state index contributed by atoms with van der Waals surface area (Å²) in [6, 6.07) is 7.67. The fraction of sp³-hybridized carbons (Fsp3) is 0.467. The Bertz CT molecular complexity index is 724. The molecule has 0 radical (unpaired) electrons. The molecule has 1 aromatic carbocycles. The van der Waals surface area contributed by atoms with Gasteiger partial charge in [-0.25, -0.2) is 13.6 Å². The molecule has 0 saturated carbocycles. The number of rotatable bonds is 6.